The SMILES string of the molecule is CCCCC(CC)CC(C(=O)[O-])C(CC(CC)CCCC)(C(=O)[O-])S(=O)(=O)O.[K+].[K+]. The fourth-order valence-electron chi connectivity index (χ4n) is 3.92. The van der Waals surface area contributed by atoms with Gasteiger partial charge in [-0.15, -0.1) is 0 Å². The molecule has 0 fully saturated rings. The molecule has 0 aliphatic carbocycles. The average Bonchev–Trinajstić information content (AvgIpc) is 2.61. The molecular weight excluding hydrogens is 462 g/mol. The van der Waals surface area contributed by atoms with E-state index in [0.29, 0.717) is 25.7 Å². The van der Waals surface area contributed by atoms with Crippen molar-refractivity contribution in [1.29, 1.82) is 0 Å². The summed E-state index contributed by atoms with van der Waals surface area (Å²) in [5.41, 5.74) is 0. The summed E-state index contributed by atoms with van der Waals surface area (Å²) < 4.78 is 31.6. The Kier molecular flexibility index (Phi) is 22.6. The molecule has 0 spiro atoms. The number of carboxylic acids is 2. The van der Waals surface area contributed by atoms with Gasteiger partial charge in [0.25, 0.3) is 10.1 Å². The summed E-state index contributed by atoms with van der Waals surface area (Å²) in [6.45, 7) is 7.56. The molecule has 0 aliphatic heterocycles. The minimum atomic E-state index is -5.26. The predicted octanol–water partition coefficient (Wildman–Crippen LogP) is -4.05. The Morgan fingerprint density at radius 1 is 0.900 bits per heavy atom. The van der Waals surface area contributed by atoms with Gasteiger partial charge in [-0.05, 0) is 24.7 Å². The van der Waals surface area contributed by atoms with Crippen molar-refractivity contribution < 1.29 is 136 Å². The Balaban J connectivity index is -0.00000364. The van der Waals surface area contributed by atoms with E-state index >= 15 is 0 Å². The van der Waals surface area contributed by atoms with Crippen LogP contribution < -0.4 is 113 Å². The predicted molar refractivity (Wildman–Crippen MR) is 104 cm³/mol. The number of carboxylic acid groups (broad SMARTS) is 2. The van der Waals surface area contributed by atoms with Crippen LogP contribution in [0.3, 0.4) is 0 Å². The van der Waals surface area contributed by atoms with E-state index in [9.17, 15) is 32.8 Å². The van der Waals surface area contributed by atoms with E-state index in [2.05, 4.69) is 0 Å². The first-order valence-corrected chi connectivity index (χ1v) is 11.8. The summed E-state index contributed by atoms with van der Waals surface area (Å²) in [4.78, 5) is 24.0. The molecule has 4 atom stereocenters. The second-order valence-electron chi connectivity index (χ2n) is 7.80. The van der Waals surface area contributed by atoms with Crippen LogP contribution in [0.4, 0.5) is 0 Å². The first kappa shape index (κ1) is 36.7. The van der Waals surface area contributed by atoms with Gasteiger partial charge >= 0.3 is 103 Å². The summed E-state index contributed by atoms with van der Waals surface area (Å²) in [6.07, 6.45) is 4.84. The summed E-state index contributed by atoms with van der Waals surface area (Å²) in [7, 11) is -5.26. The molecule has 0 aromatic carbocycles. The normalized spacial score (nSPS) is 16.3. The van der Waals surface area contributed by atoms with Gasteiger partial charge in [0.1, 0.15) is 4.75 Å². The molecule has 0 amide bonds. The number of unbranched alkanes of at least 4 members (excludes halogenated alkanes) is 2. The zero-order chi connectivity index (χ0) is 22.0. The molecule has 0 bridgehead atoms. The van der Waals surface area contributed by atoms with Gasteiger partial charge in [-0.2, -0.15) is 8.42 Å². The standard InChI is InChI=1S/C20H38O7S.2K/c1-5-9-11-15(7-3)13-17(18(21)22)20(19(23)24,28(25,26)27)14-16(8-4)12-10-6-2;;/h15-17H,5-14H2,1-4H3,(H,21,22)(H,23,24)(H,25,26,27);;/q;2*+1/p-2. The molecule has 0 heterocycles. The Bertz CT molecular complexity index is 598. The molecule has 166 valence electrons. The number of hydrogen-bond acceptors (Lipinski definition) is 6. The van der Waals surface area contributed by atoms with E-state index in [0.717, 1.165) is 25.7 Å². The van der Waals surface area contributed by atoms with E-state index in [-0.39, 0.29) is 121 Å². The van der Waals surface area contributed by atoms with Crippen molar-refractivity contribution in [2.45, 2.75) is 96.7 Å². The fourth-order valence-corrected chi connectivity index (χ4v) is 5.13. The van der Waals surface area contributed by atoms with Gasteiger partial charge < -0.3 is 19.8 Å². The first-order chi connectivity index (χ1) is 13.0. The van der Waals surface area contributed by atoms with Gasteiger partial charge in [-0.1, -0.05) is 79.1 Å². The van der Waals surface area contributed by atoms with Gasteiger partial charge in [0, 0.05) is 11.9 Å². The van der Waals surface area contributed by atoms with Crippen LogP contribution in [-0.4, -0.2) is 29.7 Å². The van der Waals surface area contributed by atoms with Gasteiger partial charge in [-0.25, -0.2) is 0 Å². The van der Waals surface area contributed by atoms with Crippen LogP contribution in [0.5, 0.6) is 0 Å². The monoisotopic (exact) mass is 498 g/mol. The third kappa shape index (κ3) is 11.0. The molecule has 0 saturated carbocycles. The molecule has 0 aromatic rings. The third-order valence-corrected chi connectivity index (χ3v) is 7.44. The molecular formula is C20H36K2O7S. The number of carbonyl (C=O) groups excluding carboxylic acids is 2. The van der Waals surface area contributed by atoms with Crippen LogP contribution in [0, 0.1) is 17.8 Å². The van der Waals surface area contributed by atoms with Gasteiger partial charge in [0.15, 0.2) is 0 Å². The average molecular weight is 499 g/mol. The summed E-state index contributed by atoms with van der Waals surface area (Å²) in [5.74, 6) is -6.26. The topological polar surface area (TPSA) is 135 Å². The van der Waals surface area contributed by atoms with Crippen molar-refractivity contribution in [3.63, 3.8) is 0 Å². The van der Waals surface area contributed by atoms with Crippen LogP contribution >= 0.6 is 0 Å². The minimum Gasteiger partial charge on any atom is -0.550 e. The maximum absolute atomic E-state index is 12.3. The molecule has 1 N–H and O–H groups in total. The number of hydrogen-bond donors (Lipinski definition) is 1. The zero-order valence-corrected chi connectivity index (χ0v) is 26.7. The maximum Gasteiger partial charge on any atom is 1.00 e. The Hall–Kier alpha value is 2.12. The quantitative estimate of drug-likeness (QED) is 0.169. The second kappa shape index (κ2) is 18.5. The zero-order valence-electron chi connectivity index (χ0n) is 19.6. The minimum absolute atomic E-state index is 0. The van der Waals surface area contributed by atoms with Gasteiger partial charge in [-0.3, -0.25) is 4.55 Å². The maximum atomic E-state index is 12.3. The molecule has 7 nitrogen and oxygen atoms in total. The molecule has 0 radical (unpaired) electrons. The largest absolute Gasteiger partial charge is 1.00 e. The smallest absolute Gasteiger partial charge is 0.550 e. The molecule has 0 aromatic heterocycles. The summed E-state index contributed by atoms with van der Waals surface area (Å²) in [6, 6.07) is 0. The van der Waals surface area contributed by atoms with E-state index in [1.807, 2.05) is 20.8 Å². The Morgan fingerprint density at radius 3 is 1.63 bits per heavy atom. The third-order valence-electron chi connectivity index (χ3n) is 5.90. The van der Waals surface area contributed by atoms with E-state index in [4.69, 9.17) is 0 Å². The van der Waals surface area contributed by atoms with Crippen molar-refractivity contribution in [2.75, 3.05) is 0 Å². The Labute approximate surface area is 267 Å². The van der Waals surface area contributed by atoms with Crippen molar-refractivity contribution in [1.82, 2.24) is 0 Å². The molecule has 0 aliphatic rings. The molecule has 4 unspecified atom stereocenters. The molecule has 0 rings (SSSR count). The molecule has 30 heavy (non-hydrogen) atoms. The fraction of sp³-hybridized carbons (Fsp3) is 0.900. The van der Waals surface area contributed by atoms with Crippen LogP contribution in [0.25, 0.3) is 0 Å². The number of aliphatic carboxylic acids is 2. The van der Waals surface area contributed by atoms with Crippen molar-refractivity contribution >= 4 is 22.1 Å². The van der Waals surface area contributed by atoms with Crippen LogP contribution in [0.15, 0.2) is 0 Å². The number of rotatable bonds is 16. The summed E-state index contributed by atoms with van der Waals surface area (Å²) in [5, 5.41) is 24.0. The van der Waals surface area contributed by atoms with Gasteiger partial charge in [0.2, 0.25) is 0 Å². The Morgan fingerprint density at radius 2 is 1.33 bits per heavy atom. The molecule has 10 heteroatoms. The number of carbonyl (C=O) groups is 2. The van der Waals surface area contributed by atoms with Crippen LogP contribution in [0.2, 0.25) is 0 Å². The van der Waals surface area contributed by atoms with Crippen molar-refractivity contribution in [3.8, 4) is 0 Å². The first-order valence-electron chi connectivity index (χ1n) is 10.4. The van der Waals surface area contributed by atoms with Crippen molar-refractivity contribution in [3.05, 3.63) is 0 Å². The second-order valence-corrected chi connectivity index (χ2v) is 9.48. The van der Waals surface area contributed by atoms with E-state index in [1.54, 1.807) is 6.92 Å². The van der Waals surface area contributed by atoms with Crippen LogP contribution in [0.1, 0.15) is 91.9 Å². The van der Waals surface area contributed by atoms with E-state index in [1.165, 1.54) is 0 Å². The van der Waals surface area contributed by atoms with Crippen molar-refractivity contribution in [2.24, 2.45) is 17.8 Å². The van der Waals surface area contributed by atoms with Crippen LogP contribution in [-0.2, 0) is 19.7 Å². The summed E-state index contributed by atoms with van der Waals surface area (Å²) >= 11 is 0. The molecule has 0 saturated heterocycles. The van der Waals surface area contributed by atoms with Gasteiger partial charge in [0.05, 0.1) is 5.97 Å². The van der Waals surface area contributed by atoms with E-state index < -0.39 is 39.1 Å².